The molecular weight excluding hydrogens is 370 g/mol. The maximum absolute atomic E-state index is 12.4. The number of aromatic nitrogens is 1. The first-order valence-corrected chi connectivity index (χ1v) is 9.93. The molecule has 7 nitrogen and oxygen atoms in total. The Balaban J connectivity index is 1.42. The van der Waals surface area contributed by atoms with Crippen LogP contribution in [0.2, 0.25) is 0 Å². The van der Waals surface area contributed by atoms with Crippen LogP contribution in [-0.4, -0.2) is 53.3 Å². The minimum Gasteiger partial charge on any atom is -0.394 e. The Kier molecular flexibility index (Phi) is 7.72. The van der Waals surface area contributed by atoms with Gasteiger partial charge in [0, 0.05) is 24.5 Å². The fourth-order valence-electron chi connectivity index (χ4n) is 3.46. The molecular formula is C22H27N3O4. The van der Waals surface area contributed by atoms with Gasteiger partial charge in [-0.2, -0.15) is 0 Å². The number of ether oxygens (including phenoxy) is 1. The lowest BCUT2D eigenvalue weighted by molar-refractivity contribution is -0.130. The summed E-state index contributed by atoms with van der Waals surface area (Å²) >= 11 is 0. The number of aliphatic hydroxyl groups is 1. The average Bonchev–Trinajstić information content (AvgIpc) is 2.76. The van der Waals surface area contributed by atoms with Gasteiger partial charge in [-0.25, -0.2) is 0 Å². The molecule has 1 aromatic carbocycles. The van der Waals surface area contributed by atoms with E-state index in [2.05, 4.69) is 15.6 Å². The molecule has 1 aliphatic heterocycles. The molecule has 3 N–H and O–H groups in total. The van der Waals surface area contributed by atoms with Gasteiger partial charge in [0.1, 0.15) is 6.10 Å². The summed E-state index contributed by atoms with van der Waals surface area (Å²) in [6.45, 7) is 0.342. The van der Waals surface area contributed by atoms with E-state index in [1.165, 1.54) is 0 Å². The third-order valence-electron chi connectivity index (χ3n) is 5.05. The molecule has 1 fully saturated rings. The lowest BCUT2D eigenvalue weighted by atomic mass is 9.96. The third-order valence-corrected chi connectivity index (χ3v) is 5.05. The highest BCUT2D eigenvalue weighted by molar-refractivity contribution is 5.94. The van der Waals surface area contributed by atoms with Crippen molar-refractivity contribution in [1.29, 1.82) is 0 Å². The monoisotopic (exact) mass is 397 g/mol. The predicted octanol–water partition coefficient (Wildman–Crippen LogP) is 1.47. The van der Waals surface area contributed by atoms with Crippen molar-refractivity contribution in [3.8, 4) is 0 Å². The van der Waals surface area contributed by atoms with E-state index in [9.17, 15) is 14.7 Å². The third kappa shape index (κ3) is 6.37. The van der Waals surface area contributed by atoms with E-state index in [-0.39, 0.29) is 37.0 Å². The van der Waals surface area contributed by atoms with Crippen LogP contribution in [-0.2, 0) is 16.0 Å². The minimum absolute atomic E-state index is 0.0764. The van der Waals surface area contributed by atoms with Gasteiger partial charge < -0.3 is 20.5 Å². The summed E-state index contributed by atoms with van der Waals surface area (Å²) < 4.78 is 5.89. The van der Waals surface area contributed by atoms with Crippen molar-refractivity contribution >= 4 is 11.8 Å². The molecule has 0 radical (unpaired) electrons. The minimum atomic E-state index is -0.522. The zero-order valence-electron chi connectivity index (χ0n) is 16.3. The predicted molar refractivity (Wildman–Crippen MR) is 108 cm³/mol. The maximum Gasteiger partial charge on any atom is 0.251 e. The van der Waals surface area contributed by atoms with Gasteiger partial charge in [-0.05, 0) is 49.1 Å². The molecule has 3 atom stereocenters. The highest BCUT2D eigenvalue weighted by Crippen LogP contribution is 2.22. The number of nitrogens with zero attached hydrogens (tertiary/aromatic N) is 1. The first-order valence-electron chi connectivity index (χ1n) is 9.93. The number of carbonyl (C=O) groups excluding carboxylic acids is 2. The van der Waals surface area contributed by atoms with Crippen molar-refractivity contribution in [1.82, 2.24) is 15.6 Å². The van der Waals surface area contributed by atoms with Gasteiger partial charge >= 0.3 is 0 Å². The SMILES string of the molecule is O=C(C[C@H]1CC[C@H](NC(=O)c2ccccc2)[C@@H](CO)O1)NCCc1ccncc1. The van der Waals surface area contributed by atoms with E-state index >= 15 is 0 Å². The smallest absolute Gasteiger partial charge is 0.251 e. The number of benzene rings is 1. The largest absolute Gasteiger partial charge is 0.394 e. The summed E-state index contributed by atoms with van der Waals surface area (Å²) in [5, 5.41) is 15.5. The number of amides is 2. The fourth-order valence-corrected chi connectivity index (χ4v) is 3.46. The van der Waals surface area contributed by atoms with Crippen LogP contribution in [0.5, 0.6) is 0 Å². The highest BCUT2D eigenvalue weighted by Gasteiger charge is 2.32. The topological polar surface area (TPSA) is 101 Å². The fraction of sp³-hybridized carbons (Fsp3) is 0.409. The average molecular weight is 397 g/mol. The molecule has 2 heterocycles. The standard InChI is InChI=1S/C22H27N3O4/c26-15-20-19(25-22(28)17-4-2-1-3-5-17)7-6-18(29-20)14-21(27)24-13-10-16-8-11-23-12-9-16/h1-5,8-9,11-12,18-20,26H,6-7,10,13-15H2,(H,24,27)(H,25,28)/t18-,19+,20-/m1/s1. The summed E-state index contributed by atoms with van der Waals surface area (Å²) in [5.41, 5.74) is 1.69. The molecule has 7 heteroatoms. The van der Waals surface area contributed by atoms with E-state index < -0.39 is 6.10 Å². The second-order valence-corrected chi connectivity index (χ2v) is 7.16. The maximum atomic E-state index is 12.4. The lowest BCUT2D eigenvalue weighted by Crippen LogP contribution is -2.51. The second kappa shape index (κ2) is 10.7. The first kappa shape index (κ1) is 21.0. The van der Waals surface area contributed by atoms with Crippen molar-refractivity contribution in [2.45, 2.75) is 43.9 Å². The first-order chi connectivity index (χ1) is 14.2. The number of carbonyl (C=O) groups is 2. The number of hydrogen-bond donors (Lipinski definition) is 3. The van der Waals surface area contributed by atoms with Crippen molar-refractivity contribution in [2.24, 2.45) is 0 Å². The molecule has 154 valence electrons. The molecule has 1 aliphatic rings. The van der Waals surface area contributed by atoms with Crippen LogP contribution in [0.4, 0.5) is 0 Å². The van der Waals surface area contributed by atoms with Crippen LogP contribution < -0.4 is 10.6 Å². The quantitative estimate of drug-likeness (QED) is 0.626. The normalized spacial score (nSPS) is 21.3. The molecule has 2 aromatic rings. The lowest BCUT2D eigenvalue weighted by Gasteiger charge is -2.36. The van der Waals surface area contributed by atoms with E-state index in [0.29, 0.717) is 24.9 Å². The molecule has 0 bridgehead atoms. The van der Waals surface area contributed by atoms with Crippen LogP contribution in [0, 0.1) is 0 Å². The molecule has 2 amide bonds. The van der Waals surface area contributed by atoms with Crippen LogP contribution >= 0.6 is 0 Å². The Morgan fingerprint density at radius 1 is 1.10 bits per heavy atom. The zero-order chi connectivity index (χ0) is 20.5. The van der Waals surface area contributed by atoms with Crippen LogP contribution in [0.3, 0.4) is 0 Å². The van der Waals surface area contributed by atoms with E-state index in [1.54, 1.807) is 36.7 Å². The molecule has 0 saturated carbocycles. The Morgan fingerprint density at radius 2 is 1.86 bits per heavy atom. The highest BCUT2D eigenvalue weighted by atomic mass is 16.5. The summed E-state index contributed by atoms with van der Waals surface area (Å²) in [7, 11) is 0. The van der Waals surface area contributed by atoms with Gasteiger partial charge in [-0.15, -0.1) is 0 Å². The molecule has 3 rings (SSSR count). The van der Waals surface area contributed by atoms with Crippen LogP contribution in [0.25, 0.3) is 0 Å². The molecule has 29 heavy (non-hydrogen) atoms. The number of pyridine rings is 1. The Labute approximate surface area is 170 Å². The van der Waals surface area contributed by atoms with Crippen molar-refractivity contribution in [3.63, 3.8) is 0 Å². The second-order valence-electron chi connectivity index (χ2n) is 7.16. The van der Waals surface area contributed by atoms with E-state index in [4.69, 9.17) is 4.74 Å². The summed E-state index contributed by atoms with van der Waals surface area (Å²) in [4.78, 5) is 28.5. The van der Waals surface area contributed by atoms with Gasteiger partial charge in [0.15, 0.2) is 0 Å². The number of rotatable bonds is 8. The Hall–Kier alpha value is -2.77. The Bertz CT molecular complexity index is 785. The number of nitrogens with one attached hydrogen (secondary N) is 2. The zero-order valence-corrected chi connectivity index (χ0v) is 16.3. The van der Waals surface area contributed by atoms with Gasteiger partial charge in [0.25, 0.3) is 5.91 Å². The van der Waals surface area contributed by atoms with Crippen LogP contribution in [0.1, 0.15) is 35.2 Å². The summed E-state index contributed by atoms with van der Waals surface area (Å²) in [6, 6.07) is 12.5. The van der Waals surface area contributed by atoms with E-state index in [0.717, 1.165) is 12.0 Å². The number of hydrogen-bond acceptors (Lipinski definition) is 5. The van der Waals surface area contributed by atoms with Crippen molar-refractivity contribution in [2.75, 3.05) is 13.2 Å². The Morgan fingerprint density at radius 3 is 2.59 bits per heavy atom. The van der Waals surface area contributed by atoms with Crippen molar-refractivity contribution < 1.29 is 19.4 Å². The summed E-state index contributed by atoms with van der Waals surface area (Å²) in [5.74, 6) is -0.266. The van der Waals surface area contributed by atoms with E-state index in [1.807, 2.05) is 18.2 Å². The summed E-state index contributed by atoms with van der Waals surface area (Å²) in [6.07, 6.45) is 4.96. The van der Waals surface area contributed by atoms with Crippen LogP contribution in [0.15, 0.2) is 54.9 Å². The molecule has 1 saturated heterocycles. The molecule has 0 unspecified atom stereocenters. The van der Waals surface area contributed by atoms with Gasteiger partial charge in [-0.3, -0.25) is 14.6 Å². The molecule has 1 aromatic heterocycles. The van der Waals surface area contributed by atoms with Crippen molar-refractivity contribution in [3.05, 3.63) is 66.0 Å². The number of aliphatic hydroxyl groups excluding tert-OH is 1. The molecule has 0 spiro atoms. The van der Waals surface area contributed by atoms with Gasteiger partial charge in [-0.1, -0.05) is 18.2 Å². The molecule has 0 aliphatic carbocycles. The van der Waals surface area contributed by atoms with Gasteiger partial charge in [0.2, 0.25) is 5.91 Å². The van der Waals surface area contributed by atoms with Gasteiger partial charge in [0.05, 0.1) is 25.2 Å².